The Hall–Kier alpha value is -2.10. The zero-order chi connectivity index (χ0) is 20.4. The fraction of sp³-hybridized carbons (Fsp3) is 0.368. The average molecular weight is 424 g/mol. The van der Waals surface area contributed by atoms with E-state index in [1.807, 2.05) is 18.2 Å². The molecule has 3 rings (SSSR count). The van der Waals surface area contributed by atoms with Gasteiger partial charge < -0.3 is 4.90 Å². The fourth-order valence-electron chi connectivity index (χ4n) is 3.13. The van der Waals surface area contributed by atoms with Gasteiger partial charge in [0.05, 0.1) is 15.5 Å². The van der Waals surface area contributed by atoms with Crippen LogP contribution in [-0.2, 0) is 20.0 Å². The van der Waals surface area contributed by atoms with Gasteiger partial charge in [0.2, 0.25) is 10.0 Å². The zero-order valence-electron chi connectivity index (χ0n) is 16.0. The van der Waals surface area contributed by atoms with Gasteiger partial charge >= 0.3 is 0 Å². The summed E-state index contributed by atoms with van der Waals surface area (Å²) >= 11 is 0. The van der Waals surface area contributed by atoms with Crippen molar-refractivity contribution in [2.45, 2.75) is 29.1 Å². The minimum absolute atomic E-state index is 0.00795. The highest BCUT2D eigenvalue weighted by Gasteiger charge is 2.20. The molecular weight excluding hydrogens is 398 g/mol. The quantitative estimate of drug-likeness (QED) is 0.772. The highest BCUT2D eigenvalue weighted by molar-refractivity contribution is 7.92. The van der Waals surface area contributed by atoms with E-state index in [0.29, 0.717) is 5.69 Å². The number of piperidine rings is 1. The molecule has 1 aliphatic heterocycles. The Morgan fingerprint density at radius 3 is 2.07 bits per heavy atom. The van der Waals surface area contributed by atoms with Crippen LogP contribution in [0.15, 0.2) is 58.3 Å². The molecule has 0 aliphatic carbocycles. The predicted molar refractivity (Wildman–Crippen MR) is 111 cm³/mol. The van der Waals surface area contributed by atoms with Crippen LogP contribution < -0.4 is 9.62 Å². The van der Waals surface area contributed by atoms with Crippen LogP contribution in [0.1, 0.15) is 19.3 Å². The number of sulfonamides is 2. The van der Waals surface area contributed by atoms with Crippen molar-refractivity contribution in [2.24, 2.45) is 0 Å². The first kappa shape index (κ1) is 20.6. The van der Waals surface area contributed by atoms with Crippen LogP contribution in [0.2, 0.25) is 0 Å². The molecule has 2 aromatic rings. The second-order valence-electron chi connectivity index (χ2n) is 6.96. The van der Waals surface area contributed by atoms with Crippen LogP contribution in [0.25, 0.3) is 0 Å². The van der Waals surface area contributed by atoms with E-state index < -0.39 is 20.0 Å². The van der Waals surface area contributed by atoms with Crippen molar-refractivity contribution in [3.63, 3.8) is 0 Å². The Labute approximate surface area is 167 Å². The molecule has 7 nitrogen and oxygen atoms in total. The smallest absolute Gasteiger partial charge is 0.261 e. The van der Waals surface area contributed by atoms with E-state index in [-0.39, 0.29) is 9.79 Å². The normalized spacial score (nSPS) is 15.6. The minimum atomic E-state index is -3.82. The van der Waals surface area contributed by atoms with Gasteiger partial charge in [0.25, 0.3) is 10.0 Å². The van der Waals surface area contributed by atoms with E-state index in [1.54, 1.807) is 6.07 Å². The Morgan fingerprint density at radius 1 is 0.857 bits per heavy atom. The van der Waals surface area contributed by atoms with E-state index in [1.165, 1.54) is 44.8 Å². The van der Waals surface area contributed by atoms with Gasteiger partial charge in [0.1, 0.15) is 0 Å². The summed E-state index contributed by atoms with van der Waals surface area (Å²) in [5.74, 6) is 0. The van der Waals surface area contributed by atoms with Crippen LogP contribution in [0, 0.1) is 0 Å². The van der Waals surface area contributed by atoms with Crippen molar-refractivity contribution in [1.29, 1.82) is 0 Å². The molecule has 0 bridgehead atoms. The summed E-state index contributed by atoms with van der Waals surface area (Å²) in [6, 6.07) is 12.5. The van der Waals surface area contributed by atoms with Crippen LogP contribution in [0.4, 0.5) is 11.4 Å². The molecule has 152 valence electrons. The Balaban J connectivity index is 1.80. The summed E-state index contributed by atoms with van der Waals surface area (Å²) in [6.07, 6.45) is 3.50. The molecule has 0 aromatic heterocycles. The number of benzene rings is 2. The largest absolute Gasteiger partial charge is 0.371 e. The van der Waals surface area contributed by atoms with E-state index in [2.05, 4.69) is 9.62 Å². The van der Waals surface area contributed by atoms with E-state index in [9.17, 15) is 16.8 Å². The Morgan fingerprint density at radius 2 is 1.46 bits per heavy atom. The first-order valence-corrected chi connectivity index (χ1v) is 12.0. The number of rotatable bonds is 6. The molecule has 1 fully saturated rings. The highest BCUT2D eigenvalue weighted by atomic mass is 32.2. The molecule has 0 radical (unpaired) electrons. The Bertz CT molecular complexity index is 1030. The number of nitrogens with zero attached hydrogens (tertiary/aromatic N) is 2. The van der Waals surface area contributed by atoms with Crippen molar-refractivity contribution in [3.05, 3.63) is 48.5 Å². The van der Waals surface area contributed by atoms with Crippen LogP contribution in [0.3, 0.4) is 0 Å². The monoisotopic (exact) mass is 423 g/mol. The molecule has 0 amide bonds. The summed E-state index contributed by atoms with van der Waals surface area (Å²) < 4.78 is 53.3. The van der Waals surface area contributed by atoms with Crippen molar-refractivity contribution in [1.82, 2.24) is 4.31 Å². The number of hydrogen-bond donors (Lipinski definition) is 1. The van der Waals surface area contributed by atoms with Gasteiger partial charge in [-0.2, -0.15) is 0 Å². The second-order valence-corrected chi connectivity index (χ2v) is 10.8. The van der Waals surface area contributed by atoms with Crippen molar-refractivity contribution >= 4 is 31.4 Å². The third kappa shape index (κ3) is 4.48. The van der Waals surface area contributed by atoms with Gasteiger partial charge in [-0.15, -0.1) is 0 Å². The fourth-order valence-corrected chi connectivity index (χ4v) is 5.09. The molecule has 0 atom stereocenters. The number of anilines is 2. The number of hydrogen-bond acceptors (Lipinski definition) is 5. The first-order valence-electron chi connectivity index (χ1n) is 9.10. The van der Waals surface area contributed by atoms with Crippen molar-refractivity contribution < 1.29 is 16.8 Å². The van der Waals surface area contributed by atoms with Gasteiger partial charge in [-0.1, -0.05) is 6.07 Å². The molecular formula is C19H25N3O4S2. The van der Waals surface area contributed by atoms with Gasteiger partial charge in [-0.05, 0) is 61.7 Å². The number of nitrogens with one attached hydrogen (secondary N) is 1. The molecule has 28 heavy (non-hydrogen) atoms. The minimum Gasteiger partial charge on any atom is -0.371 e. The average Bonchev–Trinajstić information content (AvgIpc) is 2.68. The van der Waals surface area contributed by atoms with Crippen LogP contribution in [-0.4, -0.2) is 48.3 Å². The molecule has 1 saturated heterocycles. The summed E-state index contributed by atoms with van der Waals surface area (Å²) in [7, 11) is -4.57. The Kier molecular flexibility index (Phi) is 5.97. The lowest BCUT2D eigenvalue weighted by atomic mass is 10.1. The molecule has 0 unspecified atom stereocenters. The summed E-state index contributed by atoms with van der Waals surface area (Å²) in [5.41, 5.74) is 1.47. The predicted octanol–water partition coefficient (Wildman–Crippen LogP) is 2.73. The zero-order valence-corrected chi connectivity index (χ0v) is 17.6. The first-order chi connectivity index (χ1) is 13.2. The second kappa shape index (κ2) is 8.10. The molecule has 0 spiro atoms. The summed E-state index contributed by atoms with van der Waals surface area (Å²) in [4.78, 5) is 2.31. The van der Waals surface area contributed by atoms with Gasteiger partial charge in [0, 0.05) is 32.9 Å². The van der Waals surface area contributed by atoms with E-state index >= 15 is 0 Å². The standard InChI is InChI=1S/C19H25N3O4S2/c1-21(2)28(25,26)19-11-9-18(10-12-19)27(23,24)20-16-7-6-8-17(15-16)22-13-4-3-5-14-22/h6-12,15,20H,3-5,13-14H2,1-2H3. The maximum Gasteiger partial charge on any atom is 0.261 e. The van der Waals surface area contributed by atoms with Gasteiger partial charge in [0.15, 0.2) is 0 Å². The third-order valence-electron chi connectivity index (χ3n) is 4.73. The van der Waals surface area contributed by atoms with E-state index in [4.69, 9.17) is 0 Å². The lowest BCUT2D eigenvalue weighted by molar-refractivity contribution is 0.520. The summed E-state index contributed by atoms with van der Waals surface area (Å²) in [6.45, 7) is 1.94. The van der Waals surface area contributed by atoms with Crippen LogP contribution in [0.5, 0.6) is 0 Å². The topological polar surface area (TPSA) is 86.8 Å². The molecule has 1 N–H and O–H groups in total. The molecule has 1 aliphatic rings. The maximum absolute atomic E-state index is 12.7. The molecule has 9 heteroatoms. The third-order valence-corrected chi connectivity index (χ3v) is 7.96. The lowest BCUT2D eigenvalue weighted by Crippen LogP contribution is -2.29. The van der Waals surface area contributed by atoms with Crippen LogP contribution >= 0.6 is 0 Å². The maximum atomic E-state index is 12.7. The molecule has 0 saturated carbocycles. The SMILES string of the molecule is CN(C)S(=O)(=O)c1ccc(S(=O)(=O)Nc2cccc(N3CCCCC3)c2)cc1. The van der Waals surface area contributed by atoms with Crippen molar-refractivity contribution in [2.75, 3.05) is 36.8 Å². The van der Waals surface area contributed by atoms with Gasteiger partial charge in [-0.3, -0.25) is 4.72 Å². The summed E-state index contributed by atoms with van der Waals surface area (Å²) in [5, 5.41) is 0. The van der Waals surface area contributed by atoms with Crippen molar-refractivity contribution in [3.8, 4) is 0 Å². The highest BCUT2D eigenvalue weighted by Crippen LogP contribution is 2.25. The van der Waals surface area contributed by atoms with Gasteiger partial charge in [-0.25, -0.2) is 21.1 Å². The lowest BCUT2D eigenvalue weighted by Gasteiger charge is -2.29. The molecule has 2 aromatic carbocycles. The van der Waals surface area contributed by atoms with E-state index in [0.717, 1.165) is 35.9 Å². The molecule has 1 heterocycles.